The molecule has 2 rings (SSSR count). The summed E-state index contributed by atoms with van der Waals surface area (Å²) in [6, 6.07) is 0.463. The SMILES string of the molecule is CCN1CCCC(N2CCCC2(C)C(=O)O)CC1. The topological polar surface area (TPSA) is 43.8 Å². The first kappa shape index (κ1) is 13.8. The lowest BCUT2D eigenvalue weighted by Crippen LogP contribution is -2.52. The van der Waals surface area contributed by atoms with Crippen molar-refractivity contribution in [2.45, 2.75) is 57.5 Å². The molecule has 2 unspecified atom stereocenters. The van der Waals surface area contributed by atoms with Crippen molar-refractivity contribution in [1.82, 2.24) is 9.80 Å². The zero-order valence-corrected chi connectivity index (χ0v) is 11.7. The lowest BCUT2D eigenvalue weighted by Gasteiger charge is -2.37. The van der Waals surface area contributed by atoms with Gasteiger partial charge in [-0.1, -0.05) is 6.92 Å². The number of nitrogens with zero attached hydrogens (tertiary/aromatic N) is 2. The molecule has 18 heavy (non-hydrogen) atoms. The van der Waals surface area contributed by atoms with E-state index in [0.717, 1.165) is 45.3 Å². The highest BCUT2D eigenvalue weighted by atomic mass is 16.4. The lowest BCUT2D eigenvalue weighted by atomic mass is 9.96. The van der Waals surface area contributed by atoms with Gasteiger partial charge in [0.2, 0.25) is 0 Å². The molecule has 0 aromatic rings. The van der Waals surface area contributed by atoms with Crippen LogP contribution in [-0.2, 0) is 4.79 Å². The molecule has 0 bridgehead atoms. The average molecular weight is 254 g/mol. The highest BCUT2D eigenvalue weighted by Gasteiger charge is 2.46. The first-order valence-electron chi connectivity index (χ1n) is 7.30. The van der Waals surface area contributed by atoms with Gasteiger partial charge in [-0.05, 0) is 65.2 Å². The van der Waals surface area contributed by atoms with Gasteiger partial charge in [-0.3, -0.25) is 9.69 Å². The minimum absolute atomic E-state index is 0.463. The molecule has 2 aliphatic heterocycles. The Bertz CT molecular complexity index is 308. The molecule has 0 amide bonds. The van der Waals surface area contributed by atoms with Crippen LogP contribution in [0, 0.1) is 0 Å². The molecule has 0 spiro atoms. The molecule has 4 heteroatoms. The summed E-state index contributed by atoms with van der Waals surface area (Å²) in [7, 11) is 0. The van der Waals surface area contributed by atoms with Crippen LogP contribution in [0.1, 0.15) is 46.0 Å². The minimum atomic E-state index is -0.642. The van der Waals surface area contributed by atoms with E-state index in [1.807, 2.05) is 6.92 Å². The van der Waals surface area contributed by atoms with E-state index < -0.39 is 11.5 Å². The van der Waals surface area contributed by atoms with Crippen LogP contribution in [0.25, 0.3) is 0 Å². The molecule has 1 N–H and O–H groups in total. The second kappa shape index (κ2) is 5.57. The van der Waals surface area contributed by atoms with Crippen LogP contribution < -0.4 is 0 Å². The van der Waals surface area contributed by atoms with Crippen molar-refractivity contribution in [2.24, 2.45) is 0 Å². The molecule has 0 radical (unpaired) electrons. The van der Waals surface area contributed by atoms with Gasteiger partial charge in [-0.25, -0.2) is 0 Å². The highest BCUT2D eigenvalue weighted by molar-refractivity contribution is 5.78. The maximum absolute atomic E-state index is 11.5. The number of likely N-dealkylation sites (tertiary alicyclic amines) is 2. The Balaban J connectivity index is 2.04. The molecule has 0 aliphatic carbocycles. The Hall–Kier alpha value is -0.610. The van der Waals surface area contributed by atoms with Gasteiger partial charge in [0.15, 0.2) is 0 Å². The molecular formula is C14H26N2O2. The van der Waals surface area contributed by atoms with Crippen LogP contribution >= 0.6 is 0 Å². The number of rotatable bonds is 3. The van der Waals surface area contributed by atoms with Crippen molar-refractivity contribution < 1.29 is 9.90 Å². The number of hydrogen-bond donors (Lipinski definition) is 1. The summed E-state index contributed by atoms with van der Waals surface area (Å²) in [6.07, 6.45) is 5.30. The Kier molecular flexibility index (Phi) is 4.28. The van der Waals surface area contributed by atoms with Gasteiger partial charge in [0, 0.05) is 6.04 Å². The van der Waals surface area contributed by atoms with Gasteiger partial charge < -0.3 is 10.0 Å². The molecule has 4 nitrogen and oxygen atoms in total. The van der Waals surface area contributed by atoms with E-state index in [4.69, 9.17) is 0 Å². The first-order valence-corrected chi connectivity index (χ1v) is 7.30. The number of aliphatic carboxylic acids is 1. The minimum Gasteiger partial charge on any atom is -0.480 e. The predicted molar refractivity (Wildman–Crippen MR) is 71.7 cm³/mol. The third-order valence-electron chi connectivity index (χ3n) is 4.84. The molecule has 0 aromatic heterocycles. The zero-order valence-electron chi connectivity index (χ0n) is 11.7. The molecule has 104 valence electrons. The normalized spacial score (nSPS) is 35.6. The number of carbonyl (C=O) groups is 1. The molecule has 2 saturated heterocycles. The predicted octanol–water partition coefficient (Wildman–Crippen LogP) is 1.80. The van der Waals surface area contributed by atoms with Crippen LogP contribution in [-0.4, -0.2) is 58.6 Å². The van der Waals surface area contributed by atoms with Crippen LogP contribution in [0.4, 0.5) is 0 Å². The number of carboxylic acids is 1. The largest absolute Gasteiger partial charge is 0.480 e. The smallest absolute Gasteiger partial charge is 0.323 e. The van der Waals surface area contributed by atoms with Gasteiger partial charge in [0.25, 0.3) is 0 Å². The van der Waals surface area contributed by atoms with Crippen molar-refractivity contribution in [3.8, 4) is 0 Å². The fourth-order valence-corrected chi connectivity index (χ4v) is 3.57. The van der Waals surface area contributed by atoms with Crippen LogP contribution in [0.15, 0.2) is 0 Å². The van der Waals surface area contributed by atoms with Crippen molar-refractivity contribution in [3.63, 3.8) is 0 Å². The summed E-state index contributed by atoms with van der Waals surface area (Å²) in [5.74, 6) is -0.642. The fraction of sp³-hybridized carbons (Fsp3) is 0.929. The maximum Gasteiger partial charge on any atom is 0.323 e. The molecule has 2 heterocycles. The van der Waals surface area contributed by atoms with Crippen molar-refractivity contribution in [2.75, 3.05) is 26.2 Å². The van der Waals surface area contributed by atoms with E-state index in [2.05, 4.69) is 16.7 Å². The van der Waals surface area contributed by atoms with E-state index in [-0.39, 0.29) is 0 Å². The number of carboxylic acid groups (broad SMARTS) is 1. The lowest BCUT2D eigenvalue weighted by molar-refractivity contribution is -0.150. The Labute approximate surface area is 110 Å². The van der Waals surface area contributed by atoms with Gasteiger partial charge in [0.1, 0.15) is 5.54 Å². The van der Waals surface area contributed by atoms with E-state index >= 15 is 0 Å². The summed E-state index contributed by atoms with van der Waals surface area (Å²) in [4.78, 5) is 16.3. The zero-order chi connectivity index (χ0) is 13.2. The molecule has 0 aromatic carbocycles. The fourth-order valence-electron chi connectivity index (χ4n) is 3.57. The Morgan fingerprint density at radius 3 is 2.72 bits per heavy atom. The van der Waals surface area contributed by atoms with Gasteiger partial charge in [-0.15, -0.1) is 0 Å². The van der Waals surface area contributed by atoms with Crippen LogP contribution in [0.3, 0.4) is 0 Å². The second-order valence-corrected chi connectivity index (χ2v) is 5.89. The first-order chi connectivity index (χ1) is 8.58. The van der Waals surface area contributed by atoms with Crippen molar-refractivity contribution >= 4 is 5.97 Å². The third-order valence-corrected chi connectivity index (χ3v) is 4.84. The molecule has 0 saturated carbocycles. The summed E-state index contributed by atoms with van der Waals surface area (Å²) in [5, 5.41) is 9.49. The molecule has 2 fully saturated rings. The number of hydrogen-bond acceptors (Lipinski definition) is 3. The van der Waals surface area contributed by atoms with Gasteiger partial charge in [0.05, 0.1) is 0 Å². The van der Waals surface area contributed by atoms with Gasteiger partial charge in [-0.2, -0.15) is 0 Å². The molecular weight excluding hydrogens is 228 g/mol. The monoisotopic (exact) mass is 254 g/mol. The quantitative estimate of drug-likeness (QED) is 0.834. The van der Waals surface area contributed by atoms with E-state index in [0.29, 0.717) is 6.04 Å². The summed E-state index contributed by atoms with van der Waals surface area (Å²) >= 11 is 0. The van der Waals surface area contributed by atoms with Crippen LogP contribution in [0.5, 0.6) is 0 Å². The maximum atomic E-state index is 11.5. The Morgan fingerprint density at radius 1 is 1.28 bits per heavy atom. The van der Waals surface area contributed by atoms with Crippen molar-refractivity contribution in [3.05, 3.63) is 0 Å². The highest BCUT2D eigenvalue weighted by Crippen LogP contribution is 2.34. The standard InChI is InChI=1S/C14H26N2O2/c1-3-15-9-4-6-12(7-11-15)16-10-5-8-14(16,2)13(17)18/h12H,3-11H2,1-2H3,(H,17,18). The van der Waals surface area contributed by atoms with Crippen molar-refractivity contribution in [1.29, 1.82) is 0 Å². The third kappa shape index (κ3) is 2.54. The van der Waals surface area contributed by atoms with E-state index in [1.54, 1.807) is 0 Å². The van der Waals surface area contributed by atoms with E-state index in [9.17, 15) is 9.90 Å². The second-order valence-electron chi connectivity index (χ2n) is 5.89. The Morgan fingerprint density at radius 2 is 2.06 bits per heavy atom. The summed E-state index contributed by atoms with van der Waals surface area (Å²) in [6.45, 7) is 8.48. The van der Waals surface area contributed by atoms with Crippen LogP contribution in [0.2, 0.25) is 0 Å². The summed E-state index contributed by atoms with van der Waals surface area (Å²) < 4.78 is 0. The molecule has 2 atom stereocenters. The molecule has 2 aliphatic rings. The summed E-state index contributed by atoms with van der Waals surface area (Å²) in [5.41, 5.74) is -0.619. The van der Waals surface area contributed by atoms with E-state index in [1.165, 1.54) is 13.0 Å². The van der Waals surface area contributed by atoms with Gasteiger partial charge >= 0.3 is 5.97 Å². The average Bonchev–Trinajstić information content (AvgIpc) is 2.61.